The molecule has 1 fully saturated rings. The molecule has 0 radical (unpaired) electrons. The first-order valence-corrected chi connectivity index (χ1v) is 14.6. The summed E-state index contributed by atoms with van der Waals surface area (Å²) in [6, 6.07) is 14.4. The Morgan fingerprint density at radius 1 is 1.05 bits per heavy atom. The summed E-state index contributed by atoms with van der Waals surface area (Å²) >= 11 is 1.76. The van der Waals surface area contributed by atoms with Gasteiger partial charge in [-0.15, -0.1) is 11.3 Å². The van der Waals surface area contributed by atoms with Gasteiger partial charge in [0.25, 0.3) is 0 Å². The summed E-state index contributed by atoms with van der Waals surface area (Å²) in [5, 5.41) is 11.6. The molecule has 0 aliphatic heterocycles. The number of thiophene rings is 1. The van der Waals surface area contributed by atoms with E-state index in [9.17, 15) is 4.79 Å². The minimum atomic E-state index is 0.0494. The molecule has 200 valence electrons. The van der Waals surface area contributed by atoms with Gasteiger partial charge in [0.05, 0.1) is 40.3 Å². The topological polar surface area (TPSA) is 112 Å². The first-order valence-electron chi connectivity index (χ1n) is 13.8. The lowest BCUT2D eigenvalue weighted by molar-refractivity contribution is -0.117. The van der Waals surface area contributed by atoms with Crippen LogP contribution in [0.5, 0.6) is 0 Å². The molecule has 1 aromatic carbocycles. The Labute approximate surface area is 235 Å². The number of H-pyrrole nitrogens is 2. The van der Waals surface area contributed by atoms with Crippen molar-refractivity contribution in [2.45, 2.75) is 45.4 Å². The second kappa shape index (κ2) is 10.3. The van der Waals surface area contributed by atoms with Gasteiger partial charge in [-0.1, -0.05) is 31.4 Å². The maximum Gasteiger partial charge on any atom is 0.224 e. The quantitative estimate of drug-likeness (QED) is 0.200. The van der Waals surface area contributed by atoms with Crippen molar-refractivity contribution in [2.75, 3.05) is 5.32 Å². The minimum absolute atomic E-state index is 0.0494. The molecule has 1 saturated carbocycles. The average molecular weight is 548 g/mol. The van der Waals surface area contributed by atoms with Crippen molar-refractivity contribution in [1.29, 1.82) is 0 Å². The van der Waals surface area contributed by atoms with Gasteiger partial charge in [-0.25, -0.2) is 4.98 Å². The second-order valence-electron chi connectivity index (χ2n) is 10.6. The number of hydrogen-bond acceptors (Lipinski definition) is 6. The van der Waals surface area contributed by atoms with Crippen LogP contribution in [0.4, 0.5) is 5.69 Å². The Bertz CT molecular complexity index is 1840. The molecule has 1 aliphatic carbocycles. The van der Waals surface area contributed by atoms with Crippen LogP contribution in [-0.2, 0) is 4.79 Å². The SMILES string of the molecule is Cc1ccc(-c2cccc3[nH]c(-c4n[nH]c5cnc(-c6cncc(NC(=O)CC7CCCCC7)c6)cc45)nc23)s1. The number of rotatable bonds is 6. The predicted molar refractivity (Wildman–Crippen MR) is 160 cm³/mol. The molecule has 0 unspecified atom stereocenters. The monoisotopic (exact) mass is 547 g/mol. The lowest BCUT2D eigenvalue weighted by atomic mass is 9.87. The number of benzene rings is 1. The molecule has 0 saturated heterocycles. The summed E-state index contributed by atoms with van der Waals surface area (Å²) in [5.74, 6) is 1.23. The largest absolute Gasteiger partial charge is 0.337 e. The molecule has 40 heavy (non-hydrogen) atoms. The minimum Gasteiger partial charge on any atom is -0.337 e. The van der Waals surface area contributed by atoms with Crippen LogP contribution in [0.25, 0.3) is 55.2 Å². The molecule has 0 atom stereocenters. The third kappa shape index (κ3) is 4.77. The fourth-order valence-electron chi connectivity index (χ4n) is 5.69. The zero-order valence-corrected chi connectivity index (χ0v) is 23.0. The van der Waals surface area contributed by atoms with Crippen LogP contribution < -0.4 is 5.32 Å². The van der Waals surface area contributed by atoms with Crippen LogP contribution >= 0.6 is 11.3 Å². The highest BCUT2D eigenvalue weighted by Gasteiger charge is 2.19. The van der Waals surface area contributed by atoms with Crippen LogP contribution in [0.2, 0.25) is 0 Å². The van der Waals surface area contributed by atoms with E-state index in [1.165, 1.54) is 29.0 Å². The molecule has 0 spiro atoms. The van der Waals surface area contributed by atoms with E-state index in [0.29, 0.717) is 23.9 Å². The highest BCUT2D eigenvalue weighted by atomic mass is 32.1. The van der Waals surface area contributed by atoms with Gasteiger partial charge in [-0.2, -0.15) is 5.10 Å². The van der Waals surface area contributed by atoms with E-state index in [1.807, 2.05) is 24.3 Å². The number of para-hydroxylation sites is 1. The zero-order valence-electron chi connectivity index (χ0n) is 22.2. The van der Waals surface area contributed by atoms with Crippen LogP contribution in [0.15, 0.2) is 61.1 Å². The molecule has 6 aromatic rings. The first kappa shape index (κ1) is 24.7. The lowest BCUT2D eigenvalue weighted by Crippen LogP contribution is -2.18. The van der Waals surface area contributed by atoms with Crippen molar-refractivity contribution in [3.63, 3.8) is 0 Å². The molecule has 7 rings (SSSR count). The van der Waals surface area contributed by atoms with Gasteiger partial charge in [0.1, 0.15) is 5.69 Å². The van der Waals surface area contributed by atoms with E-state index in [0.717, 1.165) is 57.3 Å². The first-order chi connectivity index (χ1) is 19.6. The summed E-state index contributed by atoms with van der Waals surface area (Å²) in [6.07, 6.45) is 11.8. The van der Waals surface area contributed by atoms with Gasteiger partial charge in [0.2, 0.25) is 5.91 Å². The predicted octanol–water partition coefficient (Wildman–Crippen LogP) is 7.51. The van der Waals surface area contributed by atoms with Gasteiger partial charge in [0, 0.05) is 38.9 Å². The third-order valence-corrected chi connectivity index (χ3v) is 8.74. The number of imidazole rings is 1. The highest BCUT2D eigenvalue weighted by molar-refractivity contribution is 7.15. The summed E-state index contributed by atoms with van der Waals surface area (Å²) < 4.78 is 0. The van der Waals surface area contributed by atoms with Gasteiger partial charge in [-0.3, -0.25) is 19.9 Å². The number of carbonyl (C=O) groups excluding carboxylic acids is 1. The van der Waals surface area contributed by atoms with Crippen LogP contribution in [-0.4, -0.2) is 36.0 Å². The molecule has 1 aliphatic rings. The molecule has 5 heterocycles. The number of fused-ring (bicyclic) bond motifs is 2. The van der Waals surface area contributed by atoms with Crippen molar-refractivity contribution in [3.05, 3.63) is 65.9 Å². The standard InChI is InChI=1S/C31H29N7OS/c1-18-10-11-27(40-18)22-8-5-9-24-29(22)36-31(35-24)30-23-14-25(33-17-26(23)37-38-30)20-13-21(16-32-15-20)34-28(39)12-19-6-3-2-4-7-19/h5,8-11,13-17,19H,2-4,6-7,12H2,1H3,(H,34,39)(H,35,36)(H,37,38). The number of aryl methyl sites for hydroxylation is 1. The highest BCUT2D eigenvalue weighted by Crippen LogP contribution is 2.35. The van der Waals surface area contributed by atoms with Crippen molar-refractivity contribution in [1.82, 2.24) is 30.1 Å². The number of nitrogens with one attached hydrogen (secondary N) is 3. The molecule has 5 aromatic heterocycles. The molecule has 9 heteroatoms. The fraction of sp³-hybridized carbons (Fsp3) is 0.258. The van der Waals surface area contributed by atoms with Gasteiger partial charge < -0.3 is 10.3 Å². The summed E-state index contributed by atoms with van der Waals surface area (Å²) in [6.45, 7) is 2.11. The van der Waals surface area contributed by atoms with Gasteiger partial charge >= 0.3 is 0 Å². The summed E-state index contributed by atoms with van der Waals surface area (Å²) in [4.78, 5) is 32.6. The number of aromatic nitrogens is 6. The van der Waals surface area contributed by atoms with E-state index in [4.69, 9.17) is 4.98 Å². The molecule has 1 amide bonds. The molecule has 0 bridgehead atoms. The van der Waals surface area contributed by atoms with Crippen molar-refractivity contribution >= 4 is 44.9 Å². The third-order valence-electron chi connectivity index (χ3n) is 7.71. The van der Waals surface area contributed by atoms with E-state index in [1.54, 1.807) is 29.9 Å². The number of hydrogen-bond donors (Lipinski definition) is 3. The molecular weight excluding hydrogens is 518 g/mol. The summed E-state index contributed by atoms with van der Waals surface area (Å²) in [5.41, 5.74) is 6.79. The number of aromatic amines is 2. The molecule has 3 N–H and O–H groups in total. The van der Waals surface area contributed by atoms with E-state index < -0.39 is 0 Å². The normalized spacial score (nSPS) is 14.2. The Kier molecular flexibility index (Phi) is 6.36. The Balaban J connectivity index is 1.19. The number of amides is 1. The van der Waals surface area contributed by atoms with Crippen LogP contribution in [0, 0.1) is 12.8 Å². The number of nitrogens with zero attached hydrogens (tertiary/aromatic N) is 4. The van der Waals surface area contributed by atoms with Crippen LogP contribution in [0.3, 0.4) is 0 Å². The Morgan fingerprint density at radius 2 is 1.95 bits per heavy atom. The maximum absolute atomic E-state index is 12.7. The van der Waals surface area contributed by atoms with Crippen molar-refractivity contribution in [2.24, 2.45) is 5.92 Å². The lowest BCUT2D eigenvalue weighted by Gasteiger charge is -2.20. The van der Waals surface area contributed by atoms with Gasteiger partial charge in [0.15, 0.2) is 5.82 Å². The van der Waals surface area contributed by atoms with Crippen molar-refractivity contribution < 1.29 is 4.79 Å². The number of anilines is 1. The molecular formula is C31H29N7OS. The maximum atomic E-state index is 12.7. The Hall–Kier alpha value is -4.37. The summed E-state index contributed by atoms with van der Waals surface area (Å²) in [7, 11) is 0. The molecule has 8 nitrogen and oxygen atoms in total. The zero-order chi connectivity index (χ0) is 27.1. The van der Waals surface area contributed by atoms with E-state index >= 15 is 0 Å². The Morgan fingerprint density at radius 3 is 2.80 bits per heavy atom. The van der Waals surface area contributed by atoms with E-state index in [2.05, 4.69) is 55.6 Å². The second-order valence-corrected chi connectivity index (χ2v) is 11.9. The number of pyridine rings is 2. The smallest absolute Gasteiger partial charge is 0.224 e. The van der Waals surface area contributed by atoms with Crippen molar-refractivity contribution in [3.8, 4) is 33.2 Å². The van der Waals surface area contributed by atoms with E-state index in [-0.39, 0.29) is 5.91 Å². The number of carbonyl (C=O) groups is 1. The fourth-order valence-corrected chi connectivity index (χ4v) is 6.59. The van der Waals surface area contributed by atoms with Crippen LogP contribution in [0.1, 0.15) is 43.4 Å². The van der Waals surface area contributed by atoms with Gasteiger partial charge in [-0.05, 0) is 56.0 Å². The average Bonchev–Trinajstić information content (AvgIpc) is 3.71.